The fourth-order valence-corrected chi connectivity index (χ4v) is 7.25. The number of hydrogen-bond acceptors (Lipinski definition) is 10. The van der Waals surface area contributed by atoms with Gasteiger partial charge in [-0.15, -0.1) is 0 Å². The third kappa shape index (κ3) is 9.72. The topological polar surface area (TPSA) is 181 Å². The Balaban J connectivity index is 0.000000204. The third-order valence-electron chi connectivity index (χ3n) is 8.07. The summed E-state index contributed by atoms with van der Waals surface area (Å²) in [5.74, 6) is 0. The molecule has 0 aliphatic rings. The number of hydrogen-bond donors (Lipinski definition) is 5. The van der Waals surface area contributed by atoms with Gasteiger partial charge < -0.3 is 29.6 Å². The molecule has 0 fully saturated rings. The summed E-state index contributed by atoms with van der Waals surface area (Å²) in [5.41, 5.74) is 6.45. The van der Waals surface area contributed by atoms with Gasteiger partial charge in [0, 0.05) is 56.8 Å². The fraction of sp³-hybridized carbons (Fsp3) is 0.297. The molecule has 2 aromatic carbocycles. The number of aliphatic hydroxyl groups is 1. The predicted molar refractivity (Wildman–Crippen MR) is 212 cm³/mol. The first-order valence-electron chi connectivity index (χ1n) is 17.0. The summed E-state index contributed by atoms with van der Waals surface area (Å²) in [5, 5.41) is 20.9. The largest absolute Gasteiger partial charge is 0.395 e. The number of anilines is 2. The number of aromatic nitrogens is 4. The monoisotopic (exact) mass is 758 g/mol. The number of aryl methyl sites for hydroxylation is 2. The van der Waals surface area contributed by atoms with Gasteiger partial charge in [0.2, 0.25) is 0 Å². The molecule has 0 atom stereocenters. The van der Waals surface area contributed by atoms with Gasteiger partial charge in [-0.25, -0.2) is 19.6 Å². The lowest BCUT2D eigenvalue weighted by atomic mass is 10.1. The molecular weight excluding hydrogens is 717 g/mol. The SMILES string of the molecule is CCNC(=O)Nc1nc2cc(-c3cc(C)n(CCO)c(=O)c3)ccc2s1.CCNC(=O)Nc1nc2cc(-c3cc(C)n(CCOC)c(=O)c3)ccc2s1. The fourth-order valence-electron chi connectivity index (χ4n) is 5.57. The quantitative estimate of drug-likeness (QED) is 0.110. The molecule has 14 nitrogen and oxygen atoms in total. The van der Waals surface area contributed by atoms with Crippen LogP contribution in [0.4, 0.5) is 19.9 Å². The second kappa shape index (κ2) is 17.9. The Bertz CT molecular complexity index is 2360. The number of nitrogens with zero attached hydrogens (tertiary/aromatic N) is 4. The second-order valence-corrected chi connectivity index (χ2v) is 13.9. The van der Waals surface area contributed by atoms with Gasteiger partial charge in [0.15, 0.2) is 10.3 Å². The molecule has 6 rings (SSSR count). The van der Waals surface area contributed by atoms with Crippen LogP contribution in [0.1, 0.15) is 25.2 Å². The Labute approximate surface area is 313 Å². The molecule has 0 aliphatic heterocycles. The number of methoxy groups -OCH3 is 1. The van der Waals surface area contributed by atoms with Gasteiger partial charge in [0.05, 0.1) is 33.6 Å². The highest BCUT2D eigenvalue weighted by Gasteiger charge is 2.12. The molecule has 278 valence electrons. The molecule has 0 aliphatic carbocycles. The van der Waals surface area contributed by atoms with Gasteiger partial charge in [0.25, 0.3) is 11.1 Å². The molecule has 6 aromatic rings. The zero-order valence-electron chi connectivity index (χ0n) is 30.1. The van der Waals surface area contributed by atoms with Crippen molar-refractivity contribution in [1.82, 2.24) is 29.7 Å². The lowest BCUT2D eigenvalue weighted by Crippen LogP contribution is -2.28. The van der Waals surface area contributed by atoms with E-state index >= 15 is 0 Å². The van der Waals surface area contributed by atoms with E-state index in [1.165, 1.54) is 22.7 Å². The molecule has 0 radical (unpaired) electrons. The minimum atomic E-state index is -0.283. The average Bonchev–Trinajstić information content (AvgIpc) is 3.71. The highest BCUT2D eigenvalue weighted by atomic mass is 32.1. The molecule has 0 saturated heterocycles. The average molecular weight is 759 g/mol. The number of nitrogens with one attached hydrogen (secondary N) is 4. The van der Waals surface area contributed by atoms with Crippen LogP contribution in [0.15, 0.2) is 70.3 Å². The molecule has 0 spiro atoms. The maximum absolute atomic E-state index is 12.4. The van der Waals surface area contributed by atoms with Crippen molar-refractivity contribution in [2.45, 2.75) is 40.8 Å². The molecule has 4 heterocycles. The van der Waals surface area contributed by atoms with E-state index in [1.807, 2.05) is 76.2 Å². The van der Waals surface area contributed by atoms with E-state index in [4.69, 9.17) is 9.84 Å². The number of amides is 4. The first-order valence-corrected chi connectivity index (χ1v) is 18.6. The molecule has 0 bridgehead atoms. The zero-order valence-corrected chi connectivity index (χ0v) is 31.7. The number of pyridine rings is 2. The maximum atomic E-state index is 12.4. The minimum Gasteiger partial charge on any atom is -0.395 e. The van der Waals surface area contributed by atoms with Crippen LogP contribution >= 0.6 is 22.7 Å². The van der Waals surface area contributed by atoms with Crippen LogP contribution in [0.25, 0.3) is 42.7 Å². The van der Waals surface area contributed by atoms with E-state index in [1.54, 1.807) is 28.4 Å². The summed E-state index contributed by atoms with van der Waals surface area (Å²) < 4.78 is 10.2. The lowest BCUT2D eigenvalue weighted by molar-refractivity contribution is 0.185. The van der Waals surface area contributed by atoms with E-state index in [0.29, 0.717) is 36.5 Å². The lowest BCUT2D eigenvalue weighted by Gasteiger charge is -2.11. The van der Waals surface area contributed by atoms with E-state index in [9.17, 15) is 19.2 Å². The highest BCUT2D eigenvalue weighted by Crippen LogP contribution is 2.31. The summed E-state index contributed by atoms with van der Waals surface area (Å²) in [6.07, 6.45) is 0. The van der Waals surface area contributed by atoms with Gasteiger partial charge >= 0.3 is 12.1 Å². The van der Waals surface area contributed by atoms with Crippen molar-refractivity contribution >= 4 is 65.4 Å². The zero-order chi connectivity index (χ0) is 38.1. The van der Waals surface area contributed by atoms with Crippen LogP contribution in [0, 0.1) is 13.8 Å². The number of ether oxygens (including phenoxy) is 1. The number of aliphatic hydroxyl groups excluding tert-OH is 1. The van der Waals surface area contributed by atoms with Gasteiger partial charge in [-0.05, 0) is 86.3 Å². The Morgan fingerprint density at radius 2 is 1.15 bits per heavy atom. The van der Waals surface area contributed by atoms with Gasteiger partial charge in [-0.2, -0.15) is 0 Å². The van der Waals surface area contributed by atoms with Crippen molar-refractivity contribution in [3.8, 4) is 22.3 Å². The predicted octanol–water partition coefficient (Wildman–Crippen LogP) is 5.79. The van der Waals surface area contributed by atoms with Crippen molar-refractivity contribution in [1.29, 1.82) is 0 Å². The number of benzene rings is 2. The van der Waals surface area contributed by atoms with Crippen LogP contribution in [-0.2, 0) is 17.8 Å². The van der Waals surface area contributed by atoms with E-state index in [2.05, 4.69) is 31.2 Å². The van der Waals surface area contributed by atoms with Crippen LogP contribution in [0.3, 0.4) is 0 Å². The van der Waals surface area contributed by atoms with E-state index in [-0.39, 0.29) is 36.3 Å². The third-order valence-corrected chi connectivity index (χ3v) is 9.97. The summed E-state index contributed by atoms with van der Waals surface area (Å²) in [7, 11) is 1.62. The summed E-state index contributed by atoms with van der Waals surface area (Å²) in [4.78, 5) is 56.9. The Morgan fingerprint density at radius 3 is 1.55 bits per heavy atom. The number of fused-ring (bicyclic) bond motifs is 2. The number of urea groups is 2. The van der Waals surface area contributed by atoms with Crippen LogP contribution in [0.2, 0.25) is 0 Å². The number of rotatable bonds is 11. The number of thiazole rings is 2. The van der Waals surface area contributed by atoms with Crippen molar-refractivity contribution in [3.05, 3.63) is 92.8 Å². The Kier molecular flexibility index (Phi) is 13.1. The highest BCUT2D eigenvalue weighted by molar-refractivity contribution is 7.22. The first kappa shape index (κ1) is 38.8. The molecule has 53 heavy (non-hydrogen) atoms. The van der Waals surface area contributed by atoms with Gasteiger partial charge in [0.1, 0.15) is 0 Å². The summed E-state index contributed by atoms with van der Waals surface area (Å²) in [6.45, 7) is 9.78. The maximum Gasteiger partial charge on any atom is 0.321 e. The van der Waals surface area contributed by atoms with Gasteiger partial charge in [-0.3, -0.25) is 20.2 Å². The molecule has 4 amide bonds. The van der Waals surface area contributed by atoms with Crippen molar-refractivity contribution in [2.24, 2.45) is 0 Å². The summed E-state index contributed by atoms with van der Waals surface area (Å²) in [6, 6.07) is 18.1. The number of carbonyl (C=O) groups excluding carboxylic acids is 2. The second-order valence-electron chi connectivity index (χ2n) is 11.8. The Morgan fingerprint density at radius 1 is 0.698 bits per heavy atom. The molecule has 4 aromatic heterocycles. The Hall–Kier alpha value is -5.42. The van der Waals surface area contributed by atoms with Gasteiger partial charge in [-0.1, -0.05) is 34.8 Å². The normalized spacial score (nSPS) is 10.9. The smallest absolute Gasteiger partial charge is 0.321 e. The van der Waals surface area contributed by atoms with Crippen LogP contribution in [-0.4, -0.2) is 69.7 Å². The molecule has 0 saturated carbocycles. The van der Waals surface area contributed by atoms with Crippen LogP contribution < -0.4 is 32.4 Å². The standard InChI is InChI=1S/C19H22N4O3S.C18H20N4O3S/c1-4-20-18(25)22-19-21-15-10-13(5-6-16(15)27-19)14-9-12(2)23(7-8-26-3)17(24)11-14;1-3-19-17(25)21-18-20-14-9-12(4-5-15(14)26-18)13-8-11(2)22(6-7-23)16(24)10-13/h5-6,9-11H,4,7-8H2,1-3H3,(H2,20,21,22,25);4-5,8-10,23H,3,6-7H2,1-2H3,(H2,19,20,21,25). The minimum absolute atomic E-state index is 0.0565. The molecule has 16 heteroatoms. The van der Waals surface area contributed by atoms with Crippen molar-refractivity contribution in [3.63, 3.8) is 0 Å². The van der Waals surface area contributed by atoms with Crippen molar-refractivity contribution < 1.29 is 19.4 Å². The molecule has 0 unspecified atom stereocenters. The molecular formula is C37H42N8O6S2. The number of carbonyl (C=O) groups is 2. The summed E-state index contributed by atoms with van der Waals surface area (Å²) >= 11 is 2.80. The van der Waals surface area contributed by atoms with E-state index in [0.717, 1.165) is 54.1 Å². The molecule has 5 N–H and O–H groups in total. The first-order chi connectivity index (χ1) is 25.5. The van der Waals surface area contributed by atoms with Crippen molar-refractivity contribution in [2.75, 3.05) is 44.0 Å². The van der Waals surface area contributed by atoms with E-state index < -0.39 is 0 Å². The van der Waals surface area contributed by atoms with Crippen LogP contribution in [0.5, 0.6) is 0 Å².